The zero-order valence-corrected chi connectivity index (χ0v) is 14.6. The van der Waals surface area contributed by atoms with Crippen molar-refractivity contribution < 1.29 is 9.85 Å². The van der Waals surface area contributed by atoms with Crippen molar-refractivity contribution in [3.8, 4) is 22.3 Å². The second kappa shape index (κ2) is 6.92. The van der Waals surface area contributed by atoms with Gasteiger partial charge in [0.1, 0.15) is 0 Å². The van der Waals surface area contributed by atoms with Crippen molar-refractivity contribution in [3.05, 3.63) is 105 Å². The highest BCUT2D eigenvalue weighted by Crippen LogP contribution is 2.38. The van der Waals surface area contributed by atoms with Gasteiger partial charge in [-0.25, -0.2) is 0 Å². The third-order valence-electron chi connectivity index (χ3n) is 4.64. The van der Waals surface area contributed by atoms with Crippen molar-refractivity contribution in [3.63, 3.8) is 0 Å². The van der Waals surface area contributed by atoms with E-state index in [1.54, 1.807) is 24.3 Å². The summed E-state index contributed by atoms with van der Waals surface area (Å²) in [6, 6.07) is 24.5. The number of rotatable bonds is 4. The van der Waals surface area contributed by atoms with E-state index in [1.165, 1.54) is 12.1 Å². The van der Waals surface area contributed by atoms with Crippen LogP contribution in [0.3, 0.4) is 0 Å². The molecule has 28 heavy (non-hydrogen) atoms. The quantitative estimate of drug-likeness (QED) is 0.326. The highest BCUT2D eigenvalue weighted by atomic mass is 16.6. The summed E-state index contributed by atoms with van der Waals surface area (Å²) in [6.45, 7) is 0. The van der Waals surface area contributed by atoms with Crippen LogP contribution in [0.15, 0.2) is 84.9 Å². The van der Waals surface area contributed by atoms with Crippen molar-refractivity contribution in [2.45, 2.75) is 0 Å². The average molecular weight is 370 g/mol. The SMILES string of the molecule is O=[N+]([O-])c1cccc(-c2cccc3cccc(-c4cccc([N+](=O)[O-])c4)c23)c1. The molecular formula is C22H14N2O4. The van der Waals surface area contributed by atoms with E-state index < -0.39 is 9.85 Å². The summed E-state index contributed by atoms with van der Waals surface area (Å²) < 4.78 is 0. The number of fused-ring (bicyclic) bond motifs is 1. The van der Waals surface area contributed by atoms with Crippen LogP contribution in [-0.4, -0.2) is 9.85 Å². The normalized spacial score (nSPS) is 10.7. The first kappa shape index (κ1) is 17.4. The molecule has 0 N–H and O–H groups in total. The zero-order chi connectivity index (χ0) is 19.7. The van der Waals surface area contributed by atoms with E-state index in [4.69, 9.17) is 0 Å². The van der Waals surface area contributed by atoms with E-state index in [0.29, 0.717) is 0 Å². The minimum Gasteiger partial charge on any atom is -0.258 e. The summed E-state index contributed by atoms with van der Waals surface area (Å²) in [5, 5.41) is 24.2. The van der Waals surface area contributed by atoms with Gasteiger partial charge in [-0.3, -0.25) is 20.2 Å². The molecule has 0 aliphatic carbocycles. The van der Waals surface area contributed by atoms with Gasteiger partial charge in [-0.1, -0.05) is 60.7 Å². The van der Waals surface area contributed by atoms with E-state index >= 15 is 0 Å². The Labute approximate surface area is 160 Å². The van der Waals surface area contributed by atoms with Gasteiger partial charge in [-0.2, -0.15) is 0 Å². The molecule has 4 rings (SSSR count). The molecule has 6 nitrogen and oxygen atoms in total. The smallest absolute Gasteiger partial charge is 0.258 e. The molecule has 0 spiro atoms. The summed E-state index contributed by atoms with van der Waals surface area (Å²) in [7, 11) is 0. The Balaban J connectivity index is 2.00. The van der Waals surface area contributed by atoms with Gasteiger partial charge < -0.3 is 0 Å². The van der Waals surface area contributed by atoms with Crippen molar-refractivity contribution >= 4 is 22.1 Å². The fourth-order valence-corrected chi connectivity index (χ4v) is 3.40. The maximum Gasteiger partial charge on any atom is 0.270 e. The lowest BCUT2D eigenvalue weighted by molar-refractivity contribution is -0.385. The monoisotopic (exact) mass is 370 g/mol. The van der Waals surface area contributed by atoms with Crippen LogP contribution >= 0.6 is 0 Å². The number of hydrogen-bond acceptors (Lipinski definition) is 4. The van der Waals surface area contributed by atoms with Crippen LogP contribution < -0.4 is 0 Å². The zero-order valence-electron chi connectivity index (χ0n) is 14.6. The molecule has 0 atom stereocenters. The Morgan fingerprint density at radius 1 is 0.571 bits per heavy atom. The molecule has 4 aromatic rings. The Kier molecular flexibility index (Phi) is 4.29. The van der Waals surface area contributed by atoms with E-state index in [9.17, 15) is 20.2 Å². The van der Waals surface area contributed by atoms with E-state index in [1.807, 2.05) is 48.5 Å². The first-order valence-corrected chi connectivity index (χ1v) is 8.56. The Morgan fingerprint density at radius 3 is 1.43 bits per heavy atom. The molecule has 0 saturated heterocycles. The Morgan fingerprint density at radius 2 is 1.00 bits per heavy atom. The number of hydrogen-bond donors (Lipinski definition) is 0. The summed E-state index contributed by atoms with van der Waals surface area (Å²) in [4.78, 5) is 21.5. The van der Waals surface area contributed by atoms with E-state index in [-0.39, 0.29) is 11.4 Å². The van der Waals surface area contributed by atoms with Crippen LogP contribution in [0.5, 0.6) is 0 Å². The topological polar surface area (TPSA) is 86.3 Å². The van der Waals surface area contributed by atoms with Gasteiger partial charge in [0.15, 0.2) is 0 Å². The molecule has 0 amide bonds. The molecule has 0 aliphatic heterocycles. The molecule has 0 fully saturated rings. The third kappa shape index (κ3) is 3.07. The van der Waals surface area contributed by atoms with Crippen LogP contribution in [0.2, 0.25) is 0 Å². The van der Waals surface area contributed by atoms with Crippen LogP contribution in [0, 0.1) is 20.2 Å². The largest absolute Gasteiger partial charge is 0.270 e. The van der Waals surface area contributed by atoms with Crippen molar-refractivity contribution in [1.82, 2.24) is 0 Å². The number of non-ortho nitro benzene ring substituents is 2. The standard InChI is InChI=1S/C22H14N2O4/c25-23(26)18-9-1-7-16(13-18)20-11-3-5-15-6-4-12-21(22(15)20)17-8-2-10-19(14-17)24(27)28/h1-14H. The minimum absolute atomic E-state index is 0.0160. The second-order valence-corrected chi connectivity index (χ2v) is 6.32. The lowest BCUT2D eigenvalue weighted by atomic mass is 9.91. The Hall–Kier alpha value is -4.06. The summed E-state index contributed by atoms with van der Waals surface area (Å²) in [6.07, 6.45) is 0. The van der Waals surface area contributed by atoms with Gasteiger partial charge in [0.2, 0.25) is 0 Å². The van der Waals surface area contributed by atoms with Gasteiger partial charge in [-0.15, -0.1) is 0 Å². The molecule has 4 aromatic carbocycles. The molecular weight excluding hydrogens is 356 g/mol. The highest BCUT2D eigenvalue weighted by molar-refractivity contribution is 6.06. The van der Waals surface area contributed by atoms with Gasteiger partial charge in [0.25, 0.3) is 11.4 Å². The van der Waals surface area contributed by atoms with Crippen molar-refractivity contribution in [1.29, 1.82) is 0 Å². The highest BCUT2D eigenvalue weighted by Gasteiger charge is 2.14. The minimum atomic E-state index is -0.421. The lowest BCUT2D eigenvalue weighted by Gasteiger charge is -2.12. The number of nitro benzene ring substituents is 2. The fraction of sp³-hybridized carbons (Fsp3) is 0. The molecule has 0 radical (unpaired) electrons. The number of benzene rings is 4. The van der Waals surface area contributed by atoms with Crippen molar-refractivity contribution in [2.24, 2.45) is 0 Å². The first-order valence-electron chi connectivity index (χ1n) is 8.56. The molecule has 0 aromatic heterocycles. The molecule has 6 heteroatoms. The molecule has 0 aliphatic rings. The average Bonchev–Trinajstić information content (AvgIpc) is 2.73. The predicted octanol–water partition coefficient (Wildman–Crippen LogP) is 5.99. The predicted molar refractivity (Wildman–Crippen MR) is 108 cm³/mol. The molecule has 0 heterocycles. The second-order valence-electron chi connectivity index (χ2n) is 6.32. The fourth-order valence-electron chi connectivity index (χ4n) is 3.40. The number of nitrogens with zero attached hydrogens (tertiary/aromatic N) is 2. The maximum atomic E-state index is 11.2. The maximum absolute atomic E-state index is 11.2. The van der Waals surface area contributed by atoms with Crippen molar-refractivity contribution in [2.75, 3.05) is 0 Å². The van der Waals surface area contributed by atoms with E-state index in [2.05, 4.69) is 0 Å². The first-order chi connectivity index (χ1) is 13.5. The van der Waals surface area contributed by atoms with Crippen LogP contribution in [-0.2, 0) is 0 Å². The van der Waals surface area contributed by atoms with Crippen LogP contribution in [0.1, 0.15) is 0 Å². The van der Waals surface area contributed by atoms with Gasteiger partial charge in [-0.05, 0) is 33.0 Å². The lowest BCUT2D eigenvalue weighted by Crippen LogP contribution is -1.91. The van der Waals surface area contributed by atoms with Gasteiger partial charge in [0.05, 0.1) is 9.85 Å². The summed E-state index contributed by atoms with van der Waals surface area (Å²) in [5.74, 6) is 0. The van der Waals surface area contributed by atoms with Gasteiger partial charge >= 0.3 is 0 Å². The van der Waals surface area contributed by atoms with E-state index in [0.717, 1.165) is 33.0 Å². The molecule has 0 unspecified atom stereocenters. The molecule has 0 saturated carbocycles. The summed E-state index contributed by atoms with van der Waals surface area (Å²) in [5.41, 5.74) is 3.15. The Bertz CT molecular complexity index is 1140. The van der Waals surface area contributed by atoms with Crippen LogP contribution in [0.4, 0.5) is 11.4 Å². The molecule has 0 bridgehead atoms. The van der Waals surface area contributed by atoms with Gasteiger partial charge in [0, 0.05) is 24.3 Å². The molecule has 136 valence electrons. The third-order valence-corrected chi connectivity index (χ3v) is 4.64. The van der Waals surface area contributed by atoms with Crippen LogP contribution in [0.25, 0.3) is 33.0 Å². The number of nitro groups is 2. The summed E-state index contributed by atoms with van der Waals surface area (Å²) >= 11 is 0.